The Morgan fingerprint density at radius 3 is 2.44 bits per heavy atom. The highest BCUT2D eigenvalue weighted by Crippen LogP contribution is 2.44. The maximum atomic E-state index is 5.32. The summed E-state index contributed by atoms with van der Waals surface area (Å²) in [4.78, 5) is 10.1. The van der Waals surface area contributed by atoms with E-state index in [0.29, 0.717) is 5.41 Å². The maximum absolute atomic E-state index is 5.32. The number of benzene rings is 1. The number of rotatable bonds is 13. The standard InChI is InChI=1S/C26H45N5O/c1-3-27-25(29-23-26(12-9-13-26)14-21-32-2)28-15-7-8-16-30-17-19-31(20-18-30)22-24-10-5-4-6-11-24/h4-6,10-11H,3,7-9,12-23H2,1-2H3,(H2,27,28,29). The van der Waals surface area contributed by atoms with Gasteiger partial charge in [0.25, 0.3) is 0 Å². The van der Waals surface area contributed by atoms with Crippen molar-refractivity contribution < 1.29 is 4.74 Å². The fraction of sp³-hybridized carbons (Fsp3) is 0.731. The molecular formula is C26H45N5O. The van der Waals surface area contributed by atoms with Crippen LogP contribution >= 0.6 is 0 Å². The monoisotopic (exact) mass is 443 g/mol. The summed E-state index contributed by atoms with van der Waals surface area (Å²) in [6, 6.07) is 10.8. The minimum atomic E-state index is 0.376. The molecule has 1 aliphatic carbocycles. The summed E-state index contributed by atoms with van der Waals surface area (Å²) in [7, 11) is 1.80. The molecule has 0 bridgehead atoms. The number of hydrogen-bond acceptors (Lipinski definition) is 4. The Bertz CT molecular complexity index is 653. The first-order chi connectivity index (χ1) is 15.7. The van der Waals surface area contributed by atoms with E-state index in [9.17, 15) is 0 Å². The third kappa shape index (κ3) is 8.38. The molecule has 0 atom stereocenters. The average Bonchev–Trinajstić information content (AvgIpc) is 2.79. The van der Waals surface area contributed by atoms with Crippen LogP contribution in [0.1, 0.15) is 51.0 Å². The Labute approximate surface area is 195 Å². The summed E-state index contributed by atoms with van der Waals surface area (Å²) >= 11 is 0. The van der Waals surface area contributed by atoms with Crippen LogP contribution in [0.4, 0.5) is 0 Å². The van der Waals surface area contributed by atoms with E-state index in [-0.39, 0.29) is 0 Å². The summed E-state index contributed by atoms with van der Waals surface area (Å²) in [6.45, 7) is 12.8. The Morgan fingerprint density at radius 1 is 1.03 bits per heavy atom. The van der Waals surface area contributed by atoms with Gasteiger partial charge < -0.3 is 20.3 Å². The molecule has 6 heteroatoms. The lowest BCUT2D eigenvalue weighted by molar-refractivity contribution is 0.0778. The second-order valence-electron chi connectivity index (χ2n) is 9.53. The second kappa shape index (κ2) is 13.8. The molecule has 1 saturated carbocycles. The molecule has 0 aromatic heterocycles. The molecule has 32 heavy (non-hydrogen) atoms. The van der Waals surface area contributed by atoms with Gasteiger partial charge >= 0.3 is 0 Å². The van der Waals surface area contributed by atoms with E-state index < -0.39 is 0 Å². The van der Waals surface area contributed by atoms with Crippen molar-refractivity contribution in [3.05, 3.63) is 35.9 Å². The van der Waals surface area contributed by atoms with Crippen LogP contribution in [-0.2, 0) is 11.3 Å². The number of nitrogens with one attached hydrogen (secondary N) is 2. The van der Waals surface area contributed by atoms with Crippen LogP contribution in [0.3, 0.4) is 0 Å². The SMILES string of the molecule is CCNC(=NCC1(CCOC)CCC1)NCCCCN1CCN(Cc2ccccc2)CC1. The molecular weight excluding hydrogens is 398 g/mol. The first-order valence-corrected chi connectivity index (χ1v) is 12.7. The number of piperazine rings is 1. The van der Waals surface area contributed by atoms with E-state index in [1.54, 1.807) is 7.11 Å². The Kier molecular flexibility index (Phi) is 10.8. The van der Waals surface area contributed by atoms with Gasteiger partial charge in [-0.25, -0.2) is 0 Å². The number of guanidine groups is 1. The number of hydrogen-bond donors (Lipinski definition) is 2. The van der Waals surface area contributed by atoms with Gasteiger partial charge in [-0.2, -0.15) is 0 Å². The molecule has 2 fully saturated rings. The highest BCUT2D eigenvalue weighted by molar-refractivity contribution is 5.79. The van der Waals surface area contributed by atoms with Gasteiger partial charge in [-0.3, -0.25) is 9.89 Å². The van der Waals surface area contributed by atoms with Crippen molar-refractivity contribution in [2.24, 2.45) is 10.4 Å². The van der Waals surface area contributed by atoms with Crippen molar-refractivity contribution in [3.8, 4) is 0 Å². The highest BCUT2D eigenvalue weighted by Gasteiger charge is 2.36. The lowest BCUT2D eigenvalue weighted by Gasteiger charge is -2.40. The zero-order valence-electron chi connectivity index (χ0n) is 20.5. The van der Waals surface area contributed by atoms with Gasteiger partial charge in [0.1, 0.15) is 0 Å². The summed E-state index contributed by atoms with van der Waals surface area (Å²) in [6.07, 6.45) is 7.47. The fourth-order valence-corrected chi connectivity index (χ4v) is 4.75. The topological polar surface area (TPSA) is 52.1 Å². The molecule has 2 aliphatic rings. The number of unbranched alkanes of at least 4 members (excludes halogenated alkanes) is 1. The molecule has 2 N–H and O–H groups in total. The number of aliphatic imine (C=N–C) groups is 1. The third-order valence-electron chi connectivity index (χ3n) is 7.08. The lowest BCUT2D eigenvalue weighted by Crippen LogP contribution is -2.46. The molecule has 0 unspecified atom stereocenters. The van der Waals surface area contributed by atoms with E-state index in [2.05, 4.69) is 57.7 Å². The Balaban J connectivity index is 1.28. The molecule has 1 aromatic rings. The van der Waals surface area contributed by atoms with E-state index >= 15 is 0 Å². The zero-order valence-corrected chi connectivity index (χ0v) is 20.5. The largest absolute Gasteiger partial charge is 0.385 e. The lowest BCUT2D eigenvalue weighted by atomic mass is 9.67. The molecule has 3 rings (SSSR count). The van der Waals surface area contributed by atoms with Crippen molar-refractivity contribution in [2.45, 2.75) is 52.0 Å². The minimum absolute atomic E-state index is 0.376. The van der Waals surface area contributed by atoms with E-state index in [4.69, 9.17) is 9.73 Å². The van der Waals surface area contributed by atoms with E-state index in [0.717, 1.165) is 45.2 Å². The van der Waals surface area contributed by atoms with Gasteiger partial charge in [-0.15, -0.1) is 0 Å². The number of nitrogens with zero attached hydrogens (tertiary/aromatic N) is 3. The smallest absolute Gasteiger partial charge is 0.191 e. The van der Waals surface area contributed by atoms with Gasteiger partial charge in [0.05, 0.1) is 0 Å². The van der Waals surface area contributed by atoms with Crippen molar-refractivity contribution in [2.75, 3.05) is 66.1 Å². The molecule has 1 saturated heterocycles. The predicted octanol–water partition coefficient (Wildman–Crippen LogP) is 3.35. The quantitative estimate of drug-likeness (QED) is 0.278. The predicted molar refractivity (Wildman–Crippen MR) is 134 cm³/mol. The number of ether oxygens (including phenoxy) is 1. The van der Waals surface area contributed by atoms with Gasteiger partial charge in [0.2, 0.25) is 0 Å². The van der Waals surface area contributed by atoms with Gasteiger partial charge in [-0.1, -0.05) is 36.8 Å². The average molecular weight is 444 g/mol. The summed E-state index contributed by atoms with van der Waals surface area (Å²) < 4.78 is 5.32. The van der Waals surface area contributed by atoms with Crippen LogP contribution in [0, 0.1) is 5.41 Å². The van der Waals surface area contributed by atoms with Crippen molar-refractivity contribution >= 4 is 5.96 Å². The summed E-state index contributed by atoms with van der Waals surface area (Å²) in [5.41, 5.74) is 1.80. The Hall–Kier alpha value is -1.63. The van der Waals surface area contributed by atoms with Crippen molar-refractivity contribution in [1.29, 1.82) is 0 Å². The highest BCUT2D eigenvalue weighted by atomic mass is 16.5. The van der Waals surface area contributed by atoms with Crippen LogP contribution in [0.15, 0.2) is 35.3 Å². The molecule has 1 aliphatic heterocycles. The molecule has 0 spiro atoms. The van der Waals surface area contributed by atoms with Gasteiger partial charge in [0.15, 0.2) is 5.96 Å². The third-order valence-corrected chi connectivity index (χ3v) is 7.08. The zero-order chi connectivity index (χ0) is 22.5. The van der Waals surface area contributed by atoms with Crippen LogP contribution in [-0.4, -0.2) is 81.8 Å². The van der Waals surface area contributed by atoms with Crippen LogP contribution in [0.2, 0.25) is 0 Å². The molecule has 1 heterocycles. The fourth-order valence-electron chi connectivity index (χ4n) is 4.75. The van der Waals surface area contributed by atoms with Gasteiger partial charge in [-0.05, 0) is 56.6 Å². The van der Waals surface area contributed by atoms with E-state index in [1.807, 2.05) is 0 Å². The van der Waals surface area contributed by atoms with Gasteiger partial charge in [0, 0.05) is 66.1 Å². The van der Waals surface area contributed by atoms with Crippen molar-refractivity contribution in [1.82, 2.24) is 20.4 Å². The van der Waals surface area contributed by atoms with Crippen LogP contribution < -0.4 is 10.6 Å². The van der Waals surface area contributed by atoms with Crippen LogP contribution in [0.5, 0.6) is 0 Å². The maximum Gasteiger partial charge on any atom is 0.191 e. The molecule has 1 aromatic carbocycles. The van der Waals surface area contributed by atoms with Crippen LogP contribution in [0.25, 0.3) is 0 Å². The Morgan fingerprint density at radius 2 is 1.78 bits per heavy atom. The van der Waals surface area contributed by atoms with E-state index in [1.165, 1.54) is 70.4 Å². The molecule has 0 radical (unpaired) electrons. The molecule has 180 valence electrons. The normalized spacial score (nSPS) is 19.5. The number of methoxy groups -OCH3 is 1. The minimum Gasteiger partial charge on any atom is -0.385 e. The first-order valence-electron chi connectivity index (χ1n) is 12.7. The molecule has 6 nitrogen and oxygen atoms in total. The molecule has 0 amide bonds. The second-order valence-corrected chi connectivity index (χ2v) is 9.53. The van der Waals surface area contributed by atoms with Crippen molar-refractivity contribution in [3.63, 3.8) is 0 Å². The summed E-state index contributed by atoms with van der Waals surface area (Å²) in [5.74, 6) is 0.978. The first kappa shape index (κ1) is 25.0. The summed E-state index contributed by atoms with van der Waals surface area (Å²) in [5, 5.41) is 6.97.